The smallest absolute Gasteiger partial charge is 0.338 e. The maximum Gasteiger partial charge on any atom is 0.338 e. The van der Waals surface area contributed by atoms with Crippen LogP contribution in [0.25, 0.3) is 10.4 Å². The van der Waals surface area contributed by atoms with Crippen molar-refractivity contribution in [2.24, 2.45) is 5.11 Å². The summed E-state index contributed by atoms with van der Waals surface area (Å²) in [6.07, 6.45) is -12.8. The maximum absolute atomic E-state index is 13.8. The molecule has 10 atom stereocenters. The number of alkyl halides is 3. The van der Waals surface area contributed by atoms with Gasteiger partial charge in [0.25, 0.3) is 3.79 Å². The molecule has 0 aromatic heterocycles. The Morgan fingerprint density at radius 3 is 1.73 bits per heavy atom. The Kier molecular flexibility index (Phi) is 18.8. The third-order valence-corrected chi connectivity index (χ3v) is 10.9. The normalized spacial score (nSPS) is 25.2. The molecule has 4 aromatic carbocycles. The molecule has 0 saturated carbocycles. The second kappa shape index (κ2) is 24.7. The van der Waals surface area contributed by atoms with E-state index in [1.165, 1.54) is 0 Å². The predicted molar refractivity (Wildman–Crippen MR) is 240 cm³/mol. The van der Waals surface area contributed by atoms with E-state index in [0.717, 1.165) is 30.7 Å². The van der Waals surface area contributed by atoms with Crippen molar-refractivity contribution in [1.29, 1.82) is 5.41 Å². The molecule has 4 unspecified atom stereocenters. The van der Waals surface area contributed by atoms with Gasteiger partial charge in [0, 0.05) is 11.8 Å². The van der Waals surface area contributed by atoms with E-state index in [4.69, 9.17) is 92.3 Å². The van der Waals surface area contributed by atoms with Crippen molar-refractivity contribution < 1.29 is 61.7 Å². The number of methoxy groups -OCH3 is 2. The minimum Gasteiger partial charge on any atom is -0.497 e. The van der Waals surface area contributed by atoms with E-state index in [2.05, 4.69) is 10.0 Å². The Hall–Kier alpha value is -5.01. The molecule has 6 rings (SSSR count). The minimum atomic E-state index is -2.39. The van der Waals surface area contributed by atoms with E-state index in [9.17, 15) is 15.1 Å². The summed E-state index contributed by atoms with van der Waals surface area (Å²) < 4.78 is 65.1. The molecule has 0 spiro atoms. The Morgan fingerprint density at radius 2 is 1.21 bits per heavy atom. The Balaban J connectivity index is 1.42. The SMILES string of the molecule is COC(=O)[C@@H]1O[C@H](OC(=N)C(Cl)(Cl)Cl)C(OC(C)=O)C(OCc2ccccc2)[C@@H]1O[C@H]1OC(COCc2ccccc2)[C@H](OCc2ccc(OC)cc2)[C@@H](OCc2ccccc2)C1N=[N+]=[N-]. The number of hydrogen-bond donors (Lipinski definition) is 1. The van der Waals surface area contributed by atoms with Crippen LogP contribution < -0.4 is 4.74 Å². The van der Waals surface area contributed by atoms with Crippen LogP contribution in [-0.4, -0.2) is 104 Å². The number of rotatable bonds is 20. The lowest BCUT2D eigenvalue weighted by Crippen LogP contribution is -2.67. The molecule has 2 aliphatic heterocycles. The third-order valence-electron chi connectivity index (χ3n) is 10.4. The van der Waals surface area contributed by atoms with Crippen molar-refractivity contribution in [3.05, 3.63) is 148 Å². The molecule has 352 valence electrons. The van der Waals surface area contributed by atoms with Crippen LogP contribution in [0.2, 0.25) is 0 Å². The average molecular weight is 972 g/mol. The van der Waals surface area contributed by atoms with Gasteiger partial charge in [-0.2, -0.15) is 0 Å². The second-order valence-corrected chi connectivity index (χ2v) is 17.2. The number of halogens is 3. The fourth-order valence-electron chi connectivity index (χ4n) is 7.23. The zero-order chi connectivity index (χ0) is 47.1. The molecule has 0 amide bonds. The number of nitrogens with zero attached hydrogens (tertiary/aromatic N) is 3. The number of carbonyl (C=O) groups is 2. The zero-order valence-corrected chi connectivity index (χ0v) is 38.3. The molecule has 2 saturated heterocycles. The lowest BCUT2D eigenvalue weighted by atomic mass is 9.95. The first-order valence-corrected chi connectivity index (χ1v) is 21.8. The van der Waals surface area contributed by atoms with Gasteiger partial charge in [-0.3, -0.25) is 10.2 Å². The first-order chi connectivity index (χ1) is 31.9. The van der Waals surface area contributed by atoms with E-state index in [1.54, 1.807) is 43.5 Å². The zero-order valence-electron chi connectivity index (χ0n) is 36.1. The summed E-state index contributed by atoms with van der Waals surface area (Å²) in [5, 5.41) is 12.5. The molecule has 66 heavy (non-hydrogen) atoms. The van der Waals surface area contributed by atoms with E-state index in [1.807, 2.05) is 78.9 Å². The van der Waals surface area contributed by atoms with E-state index in [0.29, 0.717) is 11.3 Å². The molecule has 4 aromatic rings. The lowest BCUT2D eigenvalue weighted by molar-refractivity contribution is -0.343. The van der Waals surface area contributed by atoms with Crippen LogP contribution in [0.5, 0.6) is 5.75 Å². The fourth-order valence-corrected chi connectivity index (χ4v) is 7.37. The lowest BCUT2D eigenvalue weighted by Gasteiger charge is -2.48. The first-order valence-electron chi connectivity index (χ1n) is 20.6. The summed E-state index contributed by atoms with van der Waals surface area (Å²) in [6.45, 7) is 1.21. The molecule has 2 fully saturated rings. The van der Waals surface area contributed by atoms with Crippen molar-refractivity contribution in [1.82, 2.24) is 0 Å². The van der Waals surface area contributed by atoms with Gasteiger partial charge in [0.15, 0.2) is 18.5 Å². The summed E-state index contributed by atoms with van der Waals surface area (Å²) in [5.74, 6) is -2.10. The standard InChI is InChI=1S/C46H49Cl3N4O13/c1-28(54)62-41-38(61-25-31-17-11-6-12-18-31)39(40(42(55)57-3)65-44(41)66-45(50)46(47,48)49)64-43-35(52-53-51)37(60-24-30-15-9-5-10-16-30)36(59-26-32-19-21-33(56-2)22-20-32)34(63-43)27-58-23-29-13-7-4-8-14-29/h4-22,34-41,43-44,50H,23-27H2,1-3H3/t34?,35?,36-,37-,38?,39-,40+,41?,43+,44+/m0/s1. The van der Waals surface area contributed by atoms with Crippen molar-refractivity contribution in [2.45, 2.75) is 98.5 Å². The highest BCUT2D eigenvalue weighted by molar-refractivity contribution is 6.76. The highest BCUT2D eigenvalue weighted by atomic mass is 35.6. The topological polar surface area (TPSA) is 208 Å². The summed E-state index contributed by atoms with van der Waals surface area (Å²) in [7, 11) is 2.68. The second-order valence-electron chi connectivity index (χ2n) is 15.0. The van der Waals surface area contributed by atoms with E-state index >= 15 is 0 Å². The van der Waals surface area contributed by atoms with Crippen molar-refractivity contribution in [3.8, 4) is 5.75 Å². The van der Waals surface area contributed by atoms with Crippen LogP contribution in [-0.2, 0) is 83.4 Å². The molecule has 0 bridgehead atoms. The fraction of sp³-hybridized carbons (Fsp3) is 0.413. The molecule has 0 aliphatic carbocycles. The largest absolute Gasteiger partial charge is 0.497 e. The number of esters is 2. The van der Waals surface area contributed by atoms with Gasteiger partial charge in [-0.1, -0.05) is 143 Å². The van der Waals surface area contributed by atoms with Crippen LogP contribution in [0.15, 0.2) is 120 Å². The Bertz CT molecular complexity index is 2210. The molecule has 1 N–H and O–H groups in total. The minimum absolute atomic E-state index is 0.0402. The van der Waals surface area contributed by atoms with Gasteiger partial charge < -0.3 is 52.1 Å². The van der Waals surface area contributed by atoms with Gasteiger partial charge >= 0.3 is 11.9 Å². The molecule has 2 heterocycles. The summed E-state index contributed by atoms with van der Waals surface area (Å²) in [4.78, 5) is 29.8. The van der Waals surface area contributed by atoms with Crippen LogP contribution in [0.3, 0.4) is 0 Å². The number of carbonyl (C=O) groups excluding carboxylic acids is 2. The van der Waals surface area contributed by atoms with E-state index < -0.39 is 83.0 Å². The number of benzene rings is 4. The molecule has 17 nitrogen and oxygen atoms in total. The van der Waals surface area contributed by atoms with Crippen molar-refractivity contribution >= 4 is 52.6 Å². The van der Waals surface area contributed by atoms with Gasteiger partial charge in [-0.05, 0) is 39.9 Å². The molecular formula is C46H49Cl3N4O13. The van der Waals surface area contributed by atoms with Crippen LogP contribution >= 0.6 is 34.8 Å². The first kappa shape index (κ1) is 50.4. The average Bonchev–Trinajstić information content (AvgIpc) is 3.32. The predicted octanol–water partition coefficient (Wildman–Crippen LogP) is 7.95. The highest BCUT2D eigenvalue weighted by Crippen LogP contribution is 2.38. The van der Waals surface area contributed by atoms with Gasteiger partial charge in [0.1, 0.15) is 42.3 Å². The Morgan fingerprint density at radius 1 is 0.682 bits per heavy atom. The molecular weight excluding hydrogens is 923 g/mol. The monoisotopic (exact) mass is 970 g/mol. The Labute approximate surface area is 396 Å². The van der Waals surface area contributed by atoms with Gasteiger partial charge in [0.05, 0.1) is 47.3 Å². The van der Waals surface area contributed by atoms with Crippen molar-refractivity contribution in [2.75, 3.05) is 20.8 Å². The van der Waals surface area contributed by atoms with Gasteiger partial charge in [-0.15, -0.1) is 0 Å². The van der Waals surface area contributed by atoms with E-state index in [-0.39, 0.29) is 33.0 Å². The van der Waals surface area contributed by atoms with Gasteiger partial charge in [-0.25, -0.2) is 4.79 Å². The summed E-state index contributed by atoms with van der Waals surface area (Å²) >= 11 is 18.0. The molecule has 0 radical (unpaired) electrons. The maximum atomic E-state index is 13.8. The third kappa shape index (κ3) is 14.0. The summed E-state index contributed by atoms with van der Waals surface area (Å²) in [5.41, 5.74) is 13.3. The highest BCUT2D eigenvalue weighted by Gasteiger charge is 2.57. The number of ether oxygens (including phenoxy) is 11. The molecule has 20 heteroatoms. The van der Waals surface area contributed by atoms with Crippen molar-refractivity contribution in [3.63, 3.8) is 0 Å². The summed E-state index contributed by atoms with van der Waals surface area (Å²) in [6, 6.07) is 33.7. The number of hydrogen-bond acceptors (Lipinski definition) is 15. The number of azide groups is 1. The quantitative estimate of drug-likeness (QED) is 0.0170. The van der Waals surface area contributed by atoms with Crippen LogP contribution in [0.1, 0.15) is 29.2 Å². The number of nitrogens with one attached hydrogen (secondary N) is 1. The van der Waals surface area contributed by atoms with Crippen LogP contribution in [0.4, 0.5) is 0 Å². The molecule has 2 aliphatic rings. The van der Waals surface area contributed by atoms with Gasteiger partial charge in [0.2, 0.25) is 12.2 Å². The van der Waals surface area contributed by atoms with Crippen LogP contribution in [0, 0.1) is 5.41 Å².